The van der Waals surface area contributed by atoms with Crippen LogP contribution in [0.5, 0.6) is 0 Å². The summed E-state index contributed by atoms with van der Waals surface area (Å²) in [7, 11) is -4.16. The van der Waals surface area contributed by atoms with Gasteiger partial charge in [0.05, 0.1) is 6.10 Å². The Bertz CT molecular complexity index is 381. The van der Waals surface area contributed by atoms with Gasteiger partial charge in [0.15, 0.2) is 0 Å². The van der Waals surface area contributed by atoms with Crippen LogP contribution in [0.15, 0.2) is 0 Å². The maximum Gasteiger partial charge on any atom is 0.270 e. The van der Waals surface area contributed by atoms with Gasteiger partial charge in [-0.25, -0.2) is 0 Å². The normalized spacial score (nSPS) is 14.6. The smallest absolute Gasteiger partial charge is 0.270 e. The molecule has 0 saturated heterocycles. The molecule has 0 aromatic heterocycles. The first kappa shape index (κ1) is 24.9. The van der Waals surface area contributed by atoms with Gasteiger partial charge in [-0.05, 0) is 12.8 Å². The zero-order chi connectivity index (χ0) is 19.0. The monoisotopic (exact) mass is 378 g/mol. The maximum absolute atomic E-state index is 11.5. The summed E-state index contributed by atoms with van der Waals surface area (Å²) in [5.74, 6) is 0. The molecule has 0 fully saturated rings. The first-order valence-corrected chi connectivity index (χ1v) is 12.1. The van der Waals surface area contributed by atoms with Crippen LogP contribution in [0.2, 0.25) is 0 Å². The van der Waals surface area contributed by atoms with Crippen LogP contribution in [0.1, 0.15) is 117 Å². The molecule has 152 valence electrons. The molecule has 0 heterocycles. The molecule has 2 unspecified atom stereocenters. The summed E-state index contributed by atoms with van der Waals surface area (Å²) in [6.45, 7) is 4.30. The molecular weight excluding hydrogens is 336 g/mol. The molecule has 0 aliphatic rings. The SMILES string of the molecule is CCCCCCCCCCCCCC(C(O)CCCCC)S(=O)(=O)O. The molecule has 25 heavy (non-hydrogen) atoms. The average Bonchev–Trinajstić information content (AvgIpc) is 2.55. The van der Waals surface area contributed by atoms with Crippen LogP contribution in [-0.4, -0.2) is 29.4 Å². The van der Waals surface area contributed by atoms with E-state index < -0.39 is 21.5 Å². The lowest BCUT2D eigenvalue weighted by molar-refractivity contribution is 0.146. The predicted octanol–water partition coefficient (Wildman–Crippen LogP) is 5.89. The fourth-order valence-corrected chi connectivity index (χ4v) is 4.34. The van der Waals surface area contributed by atoms with Crippen LogP contribution >= 0.6 is 0 Å². The van der Waals surface area contributed by atoms with Gasteiger partial charge in [0.1, 0.15) is 5.25 Å². The minimum atomic E-state index is -4.16. The van der Waals surface area contributed by atoms with Crippen molar-refractivity contribution in [1.82, 2.24) is 0 Å². The van der Waals surface area contributed by atoms with Crippen molar-refractivity contribution in [2.75, 3.05) is 0 Å². The number of aliphatic hydroxyl groups excluding tert-OH is 1. The summed E-state index contributed by atoms with van der Waals surface area (Å²) in [6, 6.07) is 0. The molecular formula is C20H42O4S. The molecule has 5 heteroatoms. The molecule has 0 amide bonds. The second-order valence-corrected chi connectivity index (χ2v) is 9.08. The van der Waals surface area contributed by atoms with Gasteiger partial charge in [0, 0.05) is 0 Å². The molecule has 0 saturated carbocycles. The Kier molecular flexibility index (Phi) is 16.0. The number of aliphatic hydroxyl groups is 1. The third-order valence-corrected chi connectivity index (χ3v) is 6.32. The highest BCUT2D eigenvalue weighted by atomic mass is 32.2. The largest absolute Gasteiger partial charge is 0.392 e. The van der Waals surface area contributed by atoms with E-state index in [1.54, 1.807) is 0 Å². The lowest BCUT2D eigenvalue weighted by Gasteiger charge is -2.20. The summed E-state index contributed by atoms with van der Waals surface area (Å²) >= 11 is 0. The fraction of sp³-hybridized carbons (Fsp3) is 1.00. The standard InChI is InChI=1S/C20H42O4S/c1-3-5-7-8-9-10-11-12-13-14-16-18-20(25(22,23)24)19(21)17-15-6-4-2/h19-21H,3-18H2,1-2H3,(H,22,23,24). The Balaban J connectivity index is 3.78. The molecule has 4 nitrogen and oxygen atoms in total. The highest BCUT2D eigenvalue weighted by Gasteiger charge is 2.29. The van der Waals surface area contributed by atoms with E-state index in [4.69, 9.17) is 0 Å². The van der Waals surface area contributed by atoms with Crippen LogP contribution in [0.4, 0.5) is 0 Å². The Morgan fingerprint density at radius 1 is 0.640 bits per heavy atom. The van der Waals surface area contributed by atoms with Gasteiger partial charge in [-0.2, -0.15) is 8.42 Å². The van der Waals surface area contributed by atoms with Gasteiger partial charge in [0.25, 0.3) is 10.1 Å². The summed E-state index contributed by atoms with van der Waals surface area (Å²) in [4.78, 5) is 0. The third-order valence-electron chi connectivity index (χ3n) is 5.01. The quantitative estimate of drug-likeness (QED) is 0.230. The van der Waals surface area contributed by atoms with E-state index in [0.717, 1.165) is 38.5 Å². The van der Waals surface area contributed by atoms with E-state index in [1.165, 1.54) is 51.4 Å². The molecule has 2 atom stereocenters. The van der Waals surface area contributed by atoms with Gasteiger partial charge < -0.3 is 5.11 Å². The van der Waals surface area contributed by atoms with Crippen molar-refractivity contribution < 1.29 is 18.1 Å². The molecule has 0 rings (SSSR count). The van der Waals surface area contributed by atoms with Crippen molar-refractivity contribution in [3.63, 3.8) is 0 Å². The van der Waals surface area contributed by atoms with Gasteiger partial charge in [-0.1, -0.05) is 104 Å². The maximum atomic E-state index is 11.5. The van der Waals surface area contributed by atoms with E-state index in [0.29, 0.717) is 12.8 Å². The fourth-order valence-electron chi connectivity index (χ4n) is 3.34. The van der Waals surface area contributed by atoms with Crippen LogP contribution in [0.25, 0.3) is 0 Å². The second kappa shape index (κ2) is 16.1. The minimum absolute atomic E-state index is 0.364. The zero-order valence-electron chi connectivity index (χ0n) is 16.6. The molecule has 0 aliphatic heterocycles. The van der Waals surface area contributed by atoms with E-state index in [9.17, 15) is 18.1 Å². The van der Waals surface area contributed by atoms with E-state index in [2.05, 4.69) is 13.8 Å². The van der Waals surface area contributed by atoms with E-state index in [-0.39, 0.29) is 0 Å². The Labute approximate surface area is 156 Å². The van der Waals surface area contributed by atoms with Crippen molar-refractivity contribution in [2.24, 2.45) is 0 Å². The number of hydrogen-bond acceptors (Lipinski definition) is 3. The van der Waals surface area contributed by atoms with Crippen molar-refractivity contribution in [3.8, 4) is 0 Å². The van der Waals surface area contributed by atoms with Crippen molar-refractivity contribution in [1.29, 1.82) is 0 Å². The lowest BCUT2D eigenvalue weighted by atomic mass is 10.0. The van der Waals surface area contributed by atoms with Crippen molar-refractivity contribution in [3.05, 3.63) is 0 Å². The summed E-state index contributed by atoms with van der Waals surface area (Å²) < 4.78 is 32.4. The third kappa shape index (κ3) is 14.7. The Hall–Kier alpha value is -0.130. The van der Waals surface area contributed by atoms with Crippen molar-refractivity contribution in [2.45, 2.75) is 128 Å². The highest BCUT2D eigenvalue weighted by Crippen LogP contribution is 2.19. The average molecular weight is 379 g/mol. The number of unbranched alkanes of at least 4 members (excludes halogenated alkanes) is 12. The van der Waals surface area contributed by atoms with Crippen LogP contribution in [0.3, 0.4) is 0 Å². The Morgan fingerprint density at radius 2 is 1.00 bits per heavy atom. The van der Waals surface area contributed by atoms with Crippen molar-refractivity contribution >= 4 is 10.1 Å². The van der Waals surface area contributed by atoms with Gasteiger partial charge in [-0.15, -0.1) is 0 Å². The van der Waals surface area contributed by atoms with Gasteiger partial charge in [0.2, 0.25) is 0 Å². The minimum Gasteiger partial charge on any atom is -0.392 e. The predicted molar refractivity (Wildman–Crippen MR) is 107 cm³/mol. The molecule has 0 aromatic rings. The van der Waals surface area contributed by atoms with Crippen LogP contribution in [0, 0.1) is 0 Å². The molecule has 0 aromatic carbocycles. The molecule has 0 radical (unpaired) electrons. The highest BCUT2D eigenvalue weighted by molar-refractivity contribution is 7.86. The first-order chi connectivity index (χ1) is 11.9. The van der Waals surface area contributed by atoms with E-state index >= 15 is 0 Å². The Morgan fingerprint density at radius 3 is 1.44 bits per heavy atom. The molecule has 0 bridgehead atoms. The number of rotatable bonds is 18. The molecule has 2 N–H and O–H groups in total. The van der Waals surface area contributed by atoms with Crippen LogP contribution < -0.4 is 0 Å². The zero-order valence-corrected chi connectivity index (χ0v) is 17.4. The lowest BCUT2D eigenvalue weighted by Crippen LogP contribution is -2.33. The topological polar surface area (TPSA) is 74.6 Å². The number of hydrogen-bond donors (Lipinski definition) is 2. The van der Waals surface area contributed by atoms with Crippen LogP contribution in [-0.2, 0) is 10.1 Å². The first-order valence-electron chi connectivity index (χ1n) is 10.6. The van der Waals surface area contributed by atoms with Gasteiger partial charge in [-0.3, -0.25) is 4.55 Å². The molecule has 0 spiro atoms. The summed E-state index contributed by atoms with van der Waals surface area (Å²) in [6.07, 6.45) is 16.0. The van der Waals surface area contributed by atoms with E-state index in [1.807, 2.05) is 0 Å². The second-order valence-electron chi connectivity index (χ2n) is 7.44. The van der Waals surface area contributed by atoms with Gasteiger partial charge >= 0.3 is 0 Å². The summed E-state index contributed by atoms with van der Waals surface area (Å²) in [5.41, 5.74) is 0. The summed E-state index contributed by atoms with van der Waals surface area (Å²) in [5, 5.41) is 9.08. The molecule has 0 aliphatic carbocycles.